The quantitative estimate of drug-likeness (QED) is 0.350. The van der Waals surface area contributed by atoms with E-state index in [9.17, 15) is 14.6 Å². The highest BCUT2D eigenvalue weighted by molar-refractivity contribution is 5.74. The summed E-state index contributed by atoms with van der Waals surface area (Å²) < 4.78 is 4.94. The molecule has 6 nitrogen and oxygen atoms in total. The summed E-state index contributed by atoms with van der Waals surface area (Å²) in [5.74, 6) is 0.0830. The van der Waals surface area contributed by atoms with Crippen LogP contribution in [-0.4, -0.2) is 5.97 Å². The van der Waals surface area contributed by atoms with Crippen molar-refractivity contribution in [2.75, 3.05) is 0 Å². The molecule has 0 unspecified atom stereocenters. The standard InChI is InChI=1S/C16H12N2O4/c1-11(19)22-16-6-4-12(5-7-16)2-3-13-8-14(17-20)10-15(9-13)18-21/h2-10H,1H3/b3-2+. The highest BCUT2D eigenvalue weighted by Crippen LogP contribution is 2.24. The lowest BCUT2D eigenvalue weighted by Gasteiger charge is -2.01. The summed E-state index contributed by atoms with van der Waals surface area (Å²) in [5.41, 5.74) is 1.78. The molecule has 0 aromatic heterocycles. The van der Waals surface area contributed by atoms with Crippen molar-refractivity contribution < 1.29 is 9.53 Å². The Hall–Kier alpha value is -3.15. The second-order valence-electron chi connectivity index (χ2n) is 4.46. The molecule has 0 amide bonds. The van der Waals surface area contributed by atoms with E-state index in [4.69, 9.17) is 4.74 Å². The van der Waals surface area contributed by atoms with E-state index < -0.39 is 0 Å². The normalized spacial score (nSPS) is 10.4. The Kier molecular flexibility index (Phi) is 4.87. The van der Waals surface area contributed by atoms with Crippen LogP contribution in [0.5, 0.6) is 5.75 Å². The predicted molar refractivity (Wildman–Crippen MR) is 84.0 cm³/mol. The molecule has 0 atom stereocenters. The largest absolute Gasteiger partial charge is 0.427 e. The third kappa shape index (κ3) is 4.17. The molecule has 22 heavy (non-hydrogen) atoms. The van der Waals surface area contributed by atoms with E-state index in [0.717, 1.165) is 5.56 Å². The zero-order valence-electron chi connectivity index (χ0n) is 11.7. The molecule has 0 saturated heterocycles. The van der Waals surface area contributed by atoms with E-state index in [-0.39, 0.29) is 17.3 Å². The SMILES string of the molecule is CC(=O)Oc1ccc(/C=C/c2cc(N=O)cc(N=O)c2)cc1. The maximum atomic E-state index is 10.8. The summed E-state index contributed by atoms with van der Waals surface area (Å²) in [6, 6.07) is 11.3. The van der Waals surface area contributed by atoms with Crippen LogP contribution < -0.4 is 4.74 Å². The van der Waals surface area contributed by atoms with Crippen molar-refractivity contribution in [2.24, 2.45) is 10.4 Å². The molecular formula is C16H12N2O4. The third-order valence-corrected chi connectivity index (χ3v) is 2.75. The fourth-order valence-electron chi connectivity index (χ4n) is 1.83. The van der Waals surface area contributed by atoms with Gasteiger partial charge in [-0.25, -0.2) is 0 Å². The molecule has 6 heteroatoms. The second kappa shape index (κ2) is 7.03. The first kappa shape index (κ1) is 15.2. The predicted octanol–water partition coefficient (Wildman–Crippen LogP) is 4.58. The van der Waals surface area contributed by atoms with E-state index in [1.165, 1.54) is 13.0 Å². The lowest BCUT2D eigenvalue weighted by Crippen LogP contribution is -2.00. The first-order chi connectivity index (χ1) is 10.6. The Labute approximate surface area is 126 Å². The first-order valence-electron chi connectivity index (χ1n) is 6.39. The Morgan fingerprint density at radius 3 is 1.95 bits per heavy atom. The molecule has 0 aliphatic heterocycles. The number of nitrogens with zero attached hydrogens (tertiary/aromatic N) is 2. The van der Waals surface area contributed by atoms with Crippen LogP contribution in [-0.2, 0) is 4.79 Å². The van der Waals surface area contributed by atoms with Gasteiger partial charge in [0.15, 0.2) is 0 Å². The van der Waals surface area contributed by atoms with Crippen molar-refractivity contribution >= 4 is 29.5 Å². The molecule has 110 valence electrons. The molecule has 0 saturated carbocycles. The van der Waals surface area contributed by atoms with Gasteiger partial charge in [-0.05, 0) is 51.8 Å². The van der Waals surface area contributed by atoms with Gasteiger partial charge in [0.1, 0.15) is 17.1 Å². The fraction of sp³-hybridized carbons (Fsp3) is 0.0625. The van der Waals surface area contributed by atoms with Gasteiger partial charge in [-0.15, -0.1) is 9.81 Å². The summed E-state index contributed by atoms with van der Waals surface area (Å²) in [7, 11) is 0. The number of carbonyl (C=O) groups excluding carboxylic acids is 1. The number of ether oxygens (including phenoxy) is 1. The first-order valence-corrected chi connectivity index (χ1v) is 6.39. The second-order valence-corrected chi connectivity index (χ2v) is 4.46. The fourth-order valence-corrected chi connectivity index (χ4v) is 1.83. The van der Waals surface area contributed by atoms with Crippen LogP contribution in [0.3, 0.4) is 0 Å². The van der Waals surface area contributed by atoms with Crippen molar-refractivity contribution in [2.45, 2.75) is 6.92 Å². The lowest BCUT2D eigenvalue weighted by atomic mass is 10.1. The van der Waals surface area contributed by atoms with Gasteiger partial charge in [0.25, 0.3) is 0 Å². The Balaban J connectivity index is 2.19. The van der Waals surface area contributed by atoms with Gasteiger partial charge in [-0.3, -0.25) is 4.79 Å². The van der Waals surface area contributed by atoms with Gasteiger partial charge in [0.2, 0.25) is 0 Å². The summed E-state index contributed by atoms with van der Waals surface area (Å²) in [5, 5.41) is 5.61. The molecule has 2 aromatic carbocycles. The van der Waals surface area contributed by atoms with Crippen molar-refractivity contribution in [3.05, 3.63) is 63.4 Å². The Morgan fingerprint density at radius 1 is 0.909 bits per heavy atom. The number of nitroso groups, excluding NO2 is 2. The minimum absolute atomic E-state index is 0.141. The molecule has 0 N–H and O–H groups in total. The highest BCUT2D eigenvalue weighted by atomic mass is 16.5. The van der Waals surface area contributed by atoms with Gasteiger partial charge in [-0.1, -0.05) is 24.3 Å². The minimum Gasteiger partial charge on any atom is -0.427 e. The minimum atomic E-state index is -0.379. The molecule has 0 aliphatic carbocycles. The Bertz CT molecular complexity index is 710. The number of hydrogen-bond donors (Lipinski definition) is 0. The maximum absolute atomic E-state index is 10.8. The average molecular weight is 296 g/mol. The van der Waals surface area contributed by atoms with Crippen LogP contribution in [0.1, 0.15) is 18.1 Å². The van der Waals surface area contributed by atoms with Crippen molar-refractivity contribution in [1.29, 1.82) is 0 Å². The topological polar surface area (TPSA) is 85.2 Å². The van der Waals surface area contributed by atoms with Crippen molar-refractivity contribution in [1.82, 2.24) is 0 Å². The molecule has 2 aromatic rings. The van der Waals surface area contributed by atoms with Gasteiger partial charge in [-0.2, -0.15) is 0 Å². The van der Waals surface area contributed by atoms with E-state index >= 15 is 0 Å². The average Bonchev–Trinajstić information content (AvgIpc) is 2.53. The number of carbonyl (C=O) groups is 1. The van der Waals surface area contributed by atoms with Gasteiger partial charge in [0.05, 0.1) is 0 Å². The Morgan fingerprint density at radius 2 is 1.45 bits per heavy atom. The van der Waals surface area contributed by atoms with E-state index in [1.807, 2.05) is 0 Å². The summed E-state index contributed by atoms with van der Waals surface area (Å²) in [6.07, 6.45) is 3.51. The van der Waals surface area contributed by atoms with Gasteiger partial charge < -0.3 is 4.74 Å². The zero-order chi connectivity index (χ0) is 15.9. The molecule has 0 spiro atoms. The number of rotatable bonds is 5. The molecule has 0 radical (unpaired) electrons. The van der Waals surface area contributed by atoms with Crippen LogP contribution >= 0.6 is 0 Å². The van der Waals surface area contributed by atoms with Crippen LogP contribution in [0, 0.1) is 9.81 Å². The van der Waals surface area contributed by atoms with Crippen LogP contribution in [0.4, 0.5) is 11.4 Å². The van der Waals surface area contributed by atoms with Gasteiger partial charge >= 0.3 is 5.97 Å². The van der Waals surface area contributed by atoms with Gasteiger partial charge in [0, 0.05) is 6.92 Å². The maximum Gasteiger partial charge on any atom is 0.308 e. The van der Waals surface area contributed by atoms with E-state index in [2.05, 4.69) is 10.4 Å². The summed E-state index contributed by atoms with van der Waals surface area (Å²) in [6.45, 7) is 1.33. The summed E-state index contributed by atoms with van der Waals surface area (Å²) in [4.78, 5) is 32.0. The lowest BCUT2D eigenvalue weighted by molar-refractivity contribution is -0.131. The highest BCUT2D eigenvalue weighted by Gasteiger charge is 2.00. The van der Waals surface area contributed by atoms with Crippen LogP contribution in [0.25, 0.3) is 12.2 Å². The molecule has 0 bridgehead atoms. The monoisotopic (exact) mass is 296 g/mol. The molecule has 2 rings (SSSR count). The smallest absolute Gasteiger partial charge is 0.308 e. The number of esters is 1. The van der Waals surface area contributed by atoms with E-state index in [1.54, 1.807) is 48.6 Å². The van der Waals surface area contributed by atoms with Crippen LogP contribution in [0.15, 0.2) is 52.8 Å². The third-order valence-electron chi connectivity index (χ3n) is 2.75. The molecule has 0 heterocycles. The summed E-state index contributed by atoms with van der Waals surface area (Å²) >= 11 is 0. The van der Waals surface area contributed by atoms with Crippen molar-refractivity contribution in [3.8, 4) is 5.75 Å². The molecular weight excluding hydrogens is 284 g/mol. The molecule has 0 aliphatic rings. The molecule has 0 fully saturated rings. The number of benzene rings is 2. The van der Waals surface area contributed by atoms with E-state index in [0.29, 0.717) is 11.3 Å². The zero-order valence-corrected chi connectivity index (χ0v) is 11.7. The van der Waals surface area contributed by atoms with Crippen molar-refractivity contribution in [3.63, 3.8) is 0 Å². The van der Waals surface area contributed by atoms with Crippen LogP contribution in [0.2, 0.25) is 0 Å². The number of hydrogen-bond acceptors (Lipinski definition) is 6.